The molecule has 3 unspecified atom stereocenters. The summed E-state index contributed by atoms with van der Waals surface area (Å²) in [7, 11) is 0. The van der Waals surface area contributed by atoms with E-state index in [1.165, 1.54) is 4.90 Å². The number of amides is 2. The van der Waals surface area contributed by atoms with Gasteiger partial charge in [0.15, 0.2) is 0 Å². The van der Waals surface area contributed by atoms with Gasteiger partial charge in [0.25, 0.3) is 0 Å². The lowest BCUT2D eigenvalue weighted by Gasteiger charge is -2.32. The zero-order valence-electron chi connectivity index (χ0n) is 17.1. The molecule has 5 heteroatoms. The first-order valence-corrected chi connectivity index (χ1v) is 10.7. The summed E-state index contributed by atoms with van der Waals surface area (Å²) in [5.74, 6) is -2.36. The first kappa shape index (κ1) is 18.8. The predicted molar refractivity (Wildman–Crippen MR) is 121 cm³/mol. The number of rotatable bonds is 2. The molecule has 0 bridgehead atoms. The fraction of sp³-hybridized carbons (Fsp3) is 0.148. The number of carbonyl (C=O) groups is 2. The Hall–Kier alpha value is -3.99. The van der Waals surface area contributed by atoms with Crippen molar-refractivity contribution in [2.45, 2.75) is 18.3 Å². The molecule has 1 saturated heterocycles. The molecular weight excluding hydrogens is 402 g/mol. The molecule has 1 aliphatic heterocycles. The van der Waals surface area contributed by atoms with Crippen molar-refractivity contribution in [1.82, 2.24) is 0 Å². The van der Waals surface area contributed by atoms with E-state index in [0.29, 0.717) is 23.3 Å². The van der Waals surface area contributed by atoms with Crippen molar-refractivity contribution in [1.29, 1.82) is 0 Å². The summed E-state index contributed by atoms with van der Waals surface area (Å²) in [5, 5.41) is 0.819. The standard InChI is InChI=1S/C27H19NO4/c29-25-22-19(16-9-3-1-4-10-16)15-20-18-13-7-8-14-21(18)32-27(31)23(20)24(22)26(30)28(25)17-11-5-2-6-12-17/h1-14,19,22,24H,15H2. The lowest BCUT2D eigenvalue weighted by Crippen LogP contribution is -2.34. The van der Waals surface area contributed by atoms with Crippen LogP contribution >= 0.6 is 0 Å². The van der Waals surface area contributed by atoms with Crippen molar-refractivity contribution in [2.24, 2.45) is 5.92 Å². The van der Waals surface area contributed by atoms with Crippen LogP contribution in [0.1, 0.15) is 28.5 Å². The molecule has 4 aromatic rings. The maximum absolute atomic E-state index is 13.7. The number of imide groups is 1. The van der Waals surface area contributed by atoms with Gasteiger partial charge >= 0.3 is 5.63 Å². The number of para-hydroxylation sites is 2. The molecule has 0 N–H and O–H groups in total. The molecule has 156 valence electrons. The predicted octanol–water partition coefficient (Wildman–Crippen LogP) is 4.41. The second-order valence-electron chi connectivity index (χ2n) is 8.35. The maximum Gasteiger partial charge on any atom is 0.340 e. The monoisotopic (exact) mass is 421 g/mol. The molecule has 0 spiro atoms. The first-order chi connectivity index (χ1) is 15.6. The molecule has 1 fully saturated rings. The van der Waals surface area contributed by atoms with Gasteiger partial charge in [-0.15, -0.1) is 0 Å². The number of anilines is 1. The summed E-state index contributed by atoms with van der Waals surface area (Å²) < 4.78 is 5.60. The Bertz CT molecular complexity index is 1420. The molecule has 5 nitrogen and oxygen atoms in total. The number of benzene rings is 3. The van der Waals surface area contributed by atoms with Crippen molar-refractivity contribution in [3.05, 3.63) is 112 Å². The molecule has 2 heterocycles. The summed E-state index contributed by atoms with van der Waals surface area (Å²) in [6.45, 7) is 0. The quantitative estimate of drug-likeness (QED) is 0.355. The smallest absolute Gasteiger partial charge is 0.340 e. The molecular formula is C27H19NO4. The molecule has 3 atom stereocenters. The number of hydrogen-bond acceptors (Lipinski definition) is 4. The average Bonchev–Trinajstić information content (AvgIpc) is 3.10. The van der Waals surface area contributed by atoms with E-state index >= 15 is 0 Å². The molecule has 2 amide bonds. The largest absolute Gasteiger partial charge is 0.422 e. The van der Waals surface area contributed by atoms with Crippen LogP contribution in [0, 0.1) is 5.92 Å². The van der Waals surface area contributed by atoms with Crippen molar-refractivity contribution in [3.63, 3.8) is 0 Å². The van der Waals surface area contributed by atoms with E-state index in [1.807, 2.05) is 54.6 Å². The Labute approximate surface area is 183 Å². The lowest BCUT2D eigenvalue weighted by molar-refractivity contribution is -0.122. The van der Waals surface area contributed by atoms with Crippen molar-refractivity contribution in [2.75, 3.05) is 4.90 Å². The summed E-state index contributed by atoms with van der Waals surface area (Å²) in [6.07, 6.45) is 0.494. The molecule has 0 saturated carbocycles. The van der Waals surface area contributed by atoms with Crippen LogP contribution in [0.3, 0.4) is 0 Å². The van der Waals surface area contributed by atoms with Gasteiger partial charge < -0.3 is 4.42 Å². The van der Waals surface area contributed by atoms with Crippen LogP contribution < -0.4 is 10.5 Å². The molecule has 3 aromatic carbocycles. The van der Waals surface area contributed by atoms with E-state index in [0.717, 1.165) is 16.5 Å². The van der Waals surface area contributed by atoms with Crippen LogP contribution in [0.15, 0.2) is 94.1 Å². The van der Waals surface area contributed by atoms with E-state index in [4.69, 9.17) is 4.42 Å². The minimum Gasteiger partial charge on any atom is -0.422 e. The molecule has 2 aliphatic rings. The van der Waals surface area contributed by atoms with Gasteiger partial charge in [-0.25, -0.2) is 9.69 Å². The fourth-order valence-corrected chi connectivity index (χ4v) is 5.37. The SMILES string of the molecule is O=C1C2c3c(c4ccccc4oc3=O)CC(c3ccccc3)C2C(=O)N1c1ccccc1. The van der Waals surface area contributed by atoms with Gasteiger partial charge in [0.2, 0.25) is 11.8 Å². The van der Waals surface area contributed by atoms with Gasteiger partial charge in [-0.1, -0.05) is 66.7 Å². The minimum atomic E-state index is -0.863. The Morgan fingerprint density at radius 2 is 1.41 bits per heavy atom. The van der Waals surface area contributed by atoms with Crippen LogP contribution in [0.25, 0.3) is 11.0 Å². The summed E-state index contributed by atoms with van der Waals surface area (Å²) in [4.78, 5) is 41.7. The molecule has 1 aliphatic carbocycles. The Morgan fingerprint density at radius 3 is 2.16 bits per heavy atom. The third kappa shape index (κ3) is 2.61. The molecule has 32 heavy (non-hydrogen) atoms. The number of fused-ring (bicyclic) bond motifs is 5. The minimum absolute atomic E-state index is 0.218. The second-order valence-corrected chi connectivity index (χ2v) is 8.35. The van der Waals surface area contributed by atoms with Gasteiger partial charge in [0.1, 0.15) is 5.58 Å². The fourth-order valence-electron chi connectivity index (χ4n) is 5.37. The Morgan fingerprint density at radius 1 is 0.750 bits per heavy atom. The average molecular weight is 421 g/mol. The van der Waals surface area contributed by atoms with E-state index in [1.54, 1.807) is 30.3 Å². The van der Waals surface area contributed by atoms with Crippen molar-refractivity contribution in [3.8, 4) is 0 Å². The van der Waals surface area contributed by atoms with E-state index < -0.39 is 17.5 Å². The van der Waals surface area contributed by atoms with E-state index in [9.17, 15) is 14.4 Å². The highest BCUT2D eigenvalue weighted by Crippen LogP contribution is 2.50. The van der Waals surface area contributed by atoms with Crippen LogP contribution in [0.4, 0.5) is 5.69 Å². The van der Waals surface area contributed by atoms with Crippen molar-refractivity contribution < 1.29 is 14.0 Å². The van der Waals surface area contributed by atoms with E-state index in [2.05, 4.69) is 0 Å². The molecule has 1 aromatic heterocycles. The maximum atomic E-state index is 13.7. The number of hydrogen-bond donors (Lipinski definition) is 0. The molecule has 0 radical (unpaired) electrons. The number of carbonyl (C=O) groups excluding carboxylic acids is 2. The van der Waals surface area contributed by atoms with Crippen LogP contribution in [0.2, 0.25) is 0 Å². The highest BCUT2D eigenvalue weighted by atomic mass is 16.4. The second kappa shape index (κ2) is 7.02. The Kier molecular flexibility index (Phi) is 4.12. The third-order valence-electron chi connectivity index (χ3n) is 6.72. The first-order valence-electron chi connectivity index (χ1n) is 10.7. The van der Waals surface area contributed by atoms with Crippen LogP contribution in [-0.2, 0) is 16.0 Å². The Balaban J connectivity index is 1.62. The van der Waals surface area contributed by atoms with Gasteiger partial charge in [0, 0.05) is 11.3 Å². The van der Waals surface area contributed by atoms with E-state index in [-0.39, 0.29) is 17.7 Å². The normalized spacial score (nSPS) is 22.1. The summed E-state index contributed by atoms with van der Waals surface area (Å²) >= 11 is 0. The topological polar surface area (TPSA) is 67.6 Å². The van der Waals surface area contributed by atoms with Gasteiger partial charge in [-0.2, -0.15) is 0 Å². The lowest BCUT2D eigenvalue weighted by atomic mass is 9.67. The van der Waals surface area contributed by atoms with Crippen LogP contribution in [0.5, 0.6) is 0 Å². The van der Waals surface area contributed by atoms with Crippen LogP contribution in [-0.4, -0.2) is 11.8 Å². The number of nitrogens with zero attached hydrogens (tertiary/aromatic N) is 1. The van der Waals surface area contributed by atoms with Gasteiger partial charge in [-0.3, -0.25) is 9.59 Å². The zero-order valence-corrected chi connectivity index (χ0v) is 17.1. The summed E-state index contributed by atoms with van der Waals surface area (Å²) in [5.41, 5.74) is 2.62. The zero-order chi connectivity index (χ0) is 21.8. The van der Waals surface area contributed by atoms with Gasteiger partial charge in [-0.05, 0) is 35.7 Å². The highest BCUT2D eigenvalue weighted by molar-refractivity contribution is 6.24. The van der Waals surface area contributed by atoms with Crippen molar-refractivity contribution >= 4 is 28.5 Å². The highest BCUT2D eigenvalue weighted by Gasteiger charge is 2.56. The van der Waals surface area contributed by atoms with Gasteiger partial charge in [0.05, 0.1) is 23.1 Å². The molecule has 6 rings (SSSR count). The summed E-state index contributed by atoms with van der Waals surface area (Å²) in [6, 6.07) is 26.1. The third-order valence-corrected chi connectivity index (χ3v) is 6.72.